The van der Waals surface area contributed by atoms with Crippen molar-refractivity contribution in [3.63, 3.8) is 0 Å². The molecule has 4 aromatic rings. The molecule has 2 aromatic carbocycles. The number of halogens is 1. The summed E-state index contributed by atoms with van der Waals surface area (Å²) < 4.78 is 22.2. The van der Waals surface area contributed by atoms with Gasteiger partial charge in [-0.25, -0.2) is 14.4 Å². The molecule has 1 saturated carbocycles. The Bertz CT molecular complexity index is 1440. The molecule has 1 aliphatic rings. The number of fused-ring (bicyclic) bond motifs is 1. The van der Waals surface area contributed by atoms with Crippen molar-refractivity contribution in [2.24, 2.45) is 11.7 Å². The topological polar surface area (TPSA) is 112 Å². The van der Waals surface area contributed by atoms with Crippen molar-refractivity contribution in [3.05, 3.63) is 77.2 Å². The predicted molar refractivity (Wildman–Crippen MR) is 129 cm³/mol. The molecule has 2 amide bonds. The zero-order chi connectivity index (χ0) is 24.5. The maximum atomic E-state index is 14.7. The molecular formula is C26H24FN5O3. The molecule has 0 aliphatic heterocycles. The van der Waals surface area contributed by atoms with Crippen molar-refractivity contribution < 1.29 is 18.7 Å². The Labute approximate surface area is 200 Å². The lowest BCUT2D eigenvalue weighted by Gasteiger charge is -2.11. The summed E-state index contributed by atoms with van der Waals surface area (Å²) in [7, 11) is 0. The van der Waals surface area contributed by atoms with E-state index in [4.69, 9.17) is 10.5 Å². The molecule has 2 heterocycles. The average molecular weight is 474 g/mol. The lowest BCUT2D eigenvalue weighted by atomic mass is 10.1. The van der Waals surface area contributed by atoms with E-state index >= 15 is 0 Å². The minimum atomic E-state index is -0.732. The Hall–Kier alpha value is -4.27. The number of nitrogens with two attached hydrogens (primary N) is 1. The molecule has 0 unspecified atom stereocenters. The summed E-state index contributed by atoms with van der Waals surface area (Å²) in [6, 6.07) is 13.2. The van der Waals surface area contributed by atoms with Gasteiger partial charge in [-0.05, 0) is 73.2 Å². The van der Waals surface area contributed by atoms with Gasteiger partial charge in [-0.15, -0.1) is 0 Å². The quantitative estimate of drug-likeness (QED) is 0.395. The van der Waals surface area contributed by atoms with Crippen molar-refractivity contribution in [2.75, 3.05) is 5.32 Å². The number of aromatic nitrogens is 3. The fourth-order valence-corrected chi connectivity index (χ4v) is 3.93. The number of nitrogens with one attached hydrogen (secondary N) is 1. The summed E-state index contributed by atoms with van der Waals surface area (Å²) in [6.45, 7) is 2.83. The van der Waals surface area contributed by atoms with Crippen LogP contribution in [0.5, 0.6) is 11.6 Å². The molecule has 178 valence electrons. The van der Waals surface area contributed by atoms with Gasteiger partial charge in [0, 0.05) is 12.7 Å². The first-order valence-corrected chi connectivity index (χ1v) is 11.3. The Kier molecular flexibility index (Phi) is 5.90. The Morgan fingerprint density at radius 1 is 1.20 bits per heavy atom. The molecular weight excluding hydrogens is 449 g/mol. The van der Waals surface area contributed by atoms with E-state index in [9.17, 15) is 14.0 Å². The molecule has 1 fully saturated rings. The number of primary amides is 1. The van der Waals surface area contributed by atoms with Gasteiger partial charge < -0.3 is 15.0 Å². The number of hydrogen-bond acceptors (Lipinski definition) is 5. The molecule has 0 radical (unpaired) electrons. The lowest BCUT2D eigenvalue weighted by Crippen LogP contribution is -2.18. The first-order valence-electron chi connectivity index (χ1n) is 11.3. The molecule has 2 aromatic heterocycles. The second-order valence-corrected chi connectivity index (χ2v) is 8.79. The van der Waals surface area contributed by atoms with Crippen LogP contribution in [0.1, 0.15) is 34.3 Å². The summed E-state index contributed by atoms with van der Waals surface area (Å²) in [6.07, 6.45) is 3.72. The number of carbonyl (C=O) groups is 2. The molecule has 0 saturated heterocycles. The maximum Gasteiger partial charge on any atom is 0.254 e. The second-order valence-electron chi connectivity index (χ2n) is 8.79. The van der Waals surface area contributed by atoms with Crippen LogP contribution >= 0.6 is 0 Å². The maximum absolute atomic E-state index is 14.7. The van der Waals surface area contributed by atoms with Crippen molar-refractivity contribution in [2.45, 2.75) is 32.7 Å². The molecule has 35 heavy (non-hydrogen) atoms. The van der Waals surface area contributed by atoms with E-state index in [-0.39, 0.29) is 29.5 Å². The van der Waals surface area contributed by atoms with Gasteiger partial charge in [0.25, 0.3) is 5.91 Å². The van der Waals surface area contributed by atoms with E-state index < -0.39 is 11.7 Å². The van der Waals surface area contributed by atoms with Crippen LogP contribution in [0.25, 0.3) is 11.0 Å². The number of pyridine rings is 1. The van der Waals surface area contributed by atoms with E-state index in [1.807, 2.05) is 19.1 Å². The first kappa shape index (κ1) is 22.5. The fraction of sp³-hybridized carbons (Fsp3) is 0.231. The van der Waals surface area contributed by atoms with Gasteiger partial charge in [0.1, 0.15) is 5.56 Å². The van der Waals surface area contributed by atoms with Crippen LogP contribution in [0.2, 0.25) is 0 Å². The van der Waals surface area contributed by atoms with Crippen LogP contribution < -0.4 is 15.8 Å². The zero-order valence-corrected chi connectivity index (χ0v) is 19.1. The van der Waals surface area contributed by atoms with Crippen molar-refractivity contribution in [3.8, 4) is 11.6 Å². The largest absolute Gasteiger partial charge is 0.435 e. The van der Waals surface area contributed by atoms with Gasteiger partial charge in [0.15, 0.2) is 11.6 Å². The molecule has 0 spiro atoms. The molecule has 5 rings (SSSR count). The highest BCUT2D eigenvalue weighted by molar-refractivity contribution is 5.95. The van der Waals surface area contributed by atoms with Gasteiger partial charge in [-0.1, -0.05) is 12.1 Å². The second kappa shape index (κ2) is 9.17. The van der Waals surface area contributed by atoms with Crippen LogP contribution in [-0.4, -0.2) is 26.3 Å². The monoisotopic (exact) mass is 473 g/mol. The number of aryl methyl sites for hydroxylation is 1. The number of ether oxygens (including phenoxy) is 1. The SMILES string of the molecule is Cc1ccc2nc(NC(=O)Cc3ccc(Oc4ncccc4C(N)=O)c(F)c3)n(CC3CC3)c2c1. The van der Waals surface area contributed by atoms with E-state index in [2.05, 4.69) is 25.9 Å². The molecule has 8 nitrogen and oxygen atoms in total. The number of carbonyl (C=O) groups excluding carboxylic acids is 2. The van der Waals surface area contributed by atoms with Crippen LogP contribution in [0.4, 0.5) is 10.3 Å². The third-order valence-electron chi connectivity index (χ3n) is 5.90. The van der Waals surface area contributed by atoms with E-state index in [1.54, 1.807) is 6.07 Å². The summed E-state index contributed by atoms with van der Waals surface area (Å²) in [5.74, 6) is -0.844. The van der Waals surface area contributed by atoms with Gasteiger partial charge >= 0.3 is 0 Å². The average Bonchev–Trinajstić information content (AvgIpc) is 3.58. The summed E-state index contributed by atoms with van der Waals surface area (Å²) >= 11 is 0. The number of nitrogens with zero attached hydrogens (tertiary/aromatic N) is 3. The van der Waals surface area contributed by atoms with Crippen LogP contribution in [0.3, 0.4) is 0 Å². The molecule has 1 aliphatic carbocycles. The Morgan fingerprint density at radius 3 is 2.77 bits per heavy atom. The van der Waals surface area contributed by atoms with E-state index in [0.29, 0.717) is 17.4 Å². The highest BCUT2D eigenvalue weighted by Gasteiger charge is 2.25. The van der Waals surface area contributed by atoms with Crippen LogP contribution in [0, 0.1) is 18.7 Å². The Balaban J connectivity index is 1.32. The van der Waals surface area contributed by atoms with Crippen LogP contribution in [-0.2, 0) is 17.8 Å². The molecule has 9 heteroatoms. The number of benzene rings is 2. The van der Waals surface area contributed by atoms with E-state index in [1.165, 1.54) is 43.3 Å². The zero-order valence-electron chi connectivity index (χ0n) is 19.1. The molecule has 3 N–H and O–H groups in total. The van der Waals surface area contributed by atoms with Gasteiger partial charge in [0.05, 0.1) is 17.5 Å². The Morgan fingerprint density at radius 2 is 2.03 bits per heavy atom. The first-order chi connectivity index (χ1) is 16.9. The third kappa shape index (κ3) is 4.98. The highest BCUT2D eigenvalue weighted by atomic mass is 19.1. The number of imidazole rings is 1. The smallest absolute Gasteiger partial charge is 0.254 e. The number of amides is 2. The van der Waals surface area contributed by atoms with Crippen molar-refractivity contribution >= 4 is 28.8 Å². The summed E-state index contributed by atoms with van der Waals surface area (Å²) in [5.41, 5.74) is 8.76. The number of rotatable bonds is 8. The normalized spacial score (nSPS) is 13.1. The number of anilines is 1. The lowest BCUT2D eigenvalue weighted by molar-refractivity contribution is -0.115. The van der Waals surface area contributed by atoms with Crippen LogP contribution in [0.15, 0.2) is 54.7 Å². The molecule has 0 atom stereocenters. The fourth-order valence-electron chi connectivity index (χ4n) is 3.93. The van der Waals surface area contributed by atoms with Gasteiger partial charge in [-0.3, -0.25) is 14.9 Å². The van der Waals surface area contributed by atoms with Crippen molar-refractivity contribution in [1.29, 1.82) is 0 Å². The van der Waals surface area contributed by atoms with Gasteiger partial charge in [-0.2, -0.15) is 0 Å². The minimum absolute atomic E-state index is 0.0413. The molecule has 0 bridgehead atoms. The third-order valence-corrected chi connectivity index (χ3v) is 5.90. The summed E-state index contributed by atoms with van der Waals surface area (Å²) in [5, 5.41) is 2.89. The standard InChI is InChI=1S/C26H24FN5O3/c1-15-4-8-20-21(11-15)32(14-16-5-6-16)26(30-20)31-23(33)13-17-7-9-22(19(27)12-17)35-25-18(24(28)34)3-2-10-29-25/h2-4,7-12,16H,5-6,13-14H2,1H3,(H2,28,34)(H,30,31,33). The van der Waals surface area contributed by atoms with Crippen molar-refractivity contribution in [1.82, 2.24) is 14.5 Å². The van der Waals surface area contributed by atoms with Gasteiger partial charge in [0.2, 0.25) is 17.7 Å². The minimum Gasteiger partial charge on any atom is -0.435 e. The summed E-state index contributed by atoms with van der Waals surface area (Å²) in [4.78, 5) is 32.9. The van der Waals surface area contributed by atoms with E-state index in [0.717, 1.165) is 23.1 Å². The highest BCUT2D eigenvalue weighted by Crippen LogP contribution is 2.34. The number of hydrogen-bond donors (Lipinski definition) is 2. The predicted octanol–water partition coefficient (Wildman–Crippen LogP) is 4.36.